The van der Waals surface area contributed by atoms with Crippen molar-refractivity contribution in [1.82, 2.24) is 5.06 Å². The minimum atomic E-state index is -0.957. The molecule has 2 aromatic carbocycles. The number of nitrogens with one attached hydrogen (secondary N) is 1. The SMILES string of the molecule is O=C1Cc2cc(C(=O)ON3C(=O)c4ccccc4C3=O)c(Cl)cc2N1. The van der Waals surface area contributed by atoms with Gasteiger partial charge in [-0.2, -0.15) is 0 Å². The highest BCUT2D eigenvalue weighted by atomic mass is 35.5. The molecular formula is C17H9ClN2O5. The van der Waals surface area contributed by atoms with Crippen LogP contribution in [-0.4, -0.2) is 28.8 Å². The zero-order valence-corrected chi connectivity index (χ0v) is 13.3. The number of benzene rings is 2. The maximum Gasteiger partial charge on any atom is 0.365 e. The van der Waals surface area contributed by atoms with Crippen LogP contribution in [0.3, 0.4) is 0 Å². The number of fused-ring (bicyclic) bond motifs is 2. The van der Waals surface area contributed by atoms with Crippen molar-refractivity contribution < 1.29 is 24.0 Å². The van der Waals surface area contributed by atoms with E-state index in [-0.39, 0.29) is 34.0 Å². The Kier molecular flexibility index (Phi) is 3.33. The smallest absolute Gasteiger partial charge is 0.325 e. The quantitative estimate of drug-likeness (QED) is 0.833. The highest BCUT2D eigenvalue weighted by molar-refractivity contribution is 6.34. The van der Waals surface area contributed by atoms with Gasteiger partial charge in [-0.1, -0.05) is 28.8 Å². The van der Waals surface area contributed by atoms with E-state index in [0.29, 0.717) is 16.3 Å². The molecule has 0 bridgehead atoms. The summed E-state index contributed by atoms with van der Waals surface area (Å²) in [5.74, 6) is -2.61. The number of carbonyl (C=O) groups excluding carboxylic acids is 4. The molecule has 124 valence electrons. The van der Waals surface area contributed by atoms with E-state index < -0.39 is 17.8 Å². The van der Waals surface area contributed by atoms with Gasteiger partial charge in [0.15, 0.2) is 0 Å². The Morgan fingerprint density at radius 2 is 1.72 bits per heavy atom. The predicted molar refractivity (Wildman–Crippen MR) is 86.1 cm³/mol. The van der Waals surface area contributed by atoms with Gasteiger partial charge in [-0.25, -0.2) is 4.79 Å². The fourth-order valence-corrected chi connectivity index (χ4v) is 3.03. The number of hydrogen-bond donors (Lipinski definition) is 1. The van der Waals surface area contributed by atoms with Crippen molar-refractivity contribution in [2.45, 2.75) is 6.42 Å². The molecule has 25 heavy (non-hydrogen) atoms. The second kappa shape index (κ2) is 5.42. The minimum Gasteiger partial charge on any atom is -0.325 e. The Morgan fingerprint density at radius 3 is 2.36 bits per heavy atom. The van der Waals surface area contributed by atoms with Gasteiger partial charge in [0.25, 0.3) is 11.8 Å². The van der Waals surface area contributed by atoms with Crippen molar-refractivity contribution in [3.05, 3.63) is 63.7 Å². The first-order valence-electron chi connectivity index (χ1n) is 7.28. The van der Waals surface area contributed by atoms with Gasteiger partial charge in [-0.15, -0.1) is 0 Å². The third-order valence-electron chi connectivity index (χ3n) is 3.97. The second-order valence-corrected chi connectivity index (χ2v) is 5.95. The summed E-state index contributed by atoms with van der Waals surface area (Å²) in [6.45, 7) is 0. The Hall–Kier alpha value is -3.19. The molecule has 0 saturated heterocycles. The summed E-state index contributed by atoms with van der Waals surface area (Å²) in [7, 11) is 0. The van der Waals surface area contributed by atoms with Gasteiger partial charge in [0.2, 0.25) is 5.91 Å². The summed E-state index contributed by atoms with van der Waals surface area (Å²) in [5, 5.41) is 3.07. The lowest BCUT2D eigenvalue weighted by Crippen LogP contribution is -2.32. The minimum absolute atomic E-state index is 0.0338. The fourth-order valence-electron chi connectivity index (χ4n) is 2.79. The summed E-state index contributed by atoms with van der Waals surface area (Å²) in [6, 6.07) is 9.01. The summed E-state index contributed by atoms with van der Waals surface area (Å²) in [6.07, 6.45) is 0.111. The first-order valence-corrected chi connectivity index (χ1v) is 7.66. The van der Waals surface area contributed by atoms with Crippen LogP contribution in [0.5, 0.6) is 0 Å². The number of amides is 3. The van der Waals surface area contributed by atoms with Gasteiger partial charge in [0.1, 0.15) is 0 Å². The van der Waals surface area contributed by atoms with Gasteiger partial charge in [-0.05, 0) is 29.8 Å². The molecule has 0 radical (unpaired) electrons. The molecule has 7 nitrogen and oxygen atoms in total. The van der Waals surface area contributed by atoms with Crippen LogP contribution in [0.2, 0.25) is 5.02 Å². The van der Waals surface area contributed by atoms with Crippen molar-refractivity contribution in [2.75, 3.05) is 5.32 Å². The van der Waals surface area contributed by atoms with E-state index in [9.17, 15) is 19.2 Å². The van der Waals surface area contributed by atoms with Crippen LogP contribution in [0.1, 0.15) is 36.6 Å². The monoisotopic (exact) mass is 356 g/mol. The number of carbonyl (C=O) groups is 4. The van der Waals surface area contributed by atoms with Crippen molar-refractivity contribution in [2.24, 2.45) is 0 Å². The first-order chi connectivity index (χ1) is 12.0. The van der Waals surface area contributed by atoms with Crippen LogP contribution in [0, 0.1) is 0 Å². The van der Waals surface area contributed by atoms with E-state index in [4.69, 9.17) is 16.4 Å². The zero-order chi connectivity index (χ0) is 17.7. The van der Waals surface area contributed by atoms with E-state index in [1.165, 1.54) is 24.3 Å². The Balaban J connectivity index is 1.62. The van der Waals surface area contributed by atoms with Crippen LogP contribution in [0.4, 0.5) is 5.69 Å². The van der Waals surface area contributed by atoms with Gasteiger partial charge in [0.05, 0.1) is 28.1 Å². The number of nitrogens with zero attached hydrogens (tertiary/aromatic N) is 1. The van der Waals surface area contributed by atoms with Gasteiger partial charge in [0, 0.05) is 5.69 Å². The Labute approximate surface area is 146 Å². The van der Waals surface area contributed by atoms with Crippen molar-refractivity contribution in [1.29, 1.82) is 0 Å². The molecule has 2 aliphatic heterocycles. The van der Waals surface area contributed by atoms with Crippen molar-refractivity contribution in [3.8, 4) is 0 Å². The summed E-state index contributed by atoms with van der Waals surface area (Å²) < 4.78 is 0. The van der Waals surface area contributed by atoms with Crippen LogP contribution < -0.4 is 5.32 Å². The van der Waals surface area contributed by atoms with Crippen molar-refractivity contribution >= 4 is 41.0 Å². The summed E-state index contributed by atoms with van der Waals surface area (Å²) in [4.78, 5) is 53.2. The van der Waals surface area contributed by atoms with Crippen LogP contribution >= 0.6 is 11.6 Å². The lowest BCUT2D eigenvalue weighted by Gasteiger charge is -2.13. The molecule has 2 aromatic rings. The highest BCUT2D eigenvalue weighted by Gasteiger charge is 2.39. The van der Waals surface area contributed by atoms with Crippen LogP contribution in [-0.2, 0) is 16.1 Å². The Morgan fingerprint density at radius 1 is 1.08 bits per heavy atom. The number of halogens is 1. The fraction of sp³-hybridized carbons (Fsp3) is 0.0588. The molecule has 0 aliphatic carbocycles. The van der Waals surface area contributed by atoms with E-state index >= 15 is 0 Å². The normalized spacial score (nSPS) is 15.1. The number of rotatable bonds is 2. The number of anilines is 1. The highest BCUT2D eigenvalue weighted by Crippen LogP contribution is 2.31. The molecule has 0 atom stereocenters. The van der Waals surface area contributed by atoms with Gasteiger partial charge in [-0.3, -0.25) is 14.4 Å². The molecular weight excluding hydrogens is 348 g/mol. The van der Waals surface area contributed by atoms with Gasteiger partial charge < -0.3 is 10.2 Å². The summed E-state index contributed by atoms with van der Waals surface area (Å²) >= 11 is 6.06. The molecule has 3 amide bonds. The molecule has 0 saturated carbocycles. The molecule has 0 aromatic heterocycles. The molecule has 2 heterocycles. The molecule has 0 unspecified atom stereocenters. The van der Waals surface area contributed by atoms with E-state index in [2.05, 4.69) is 5.32 Å². The largest absolute Gasteiger partial charge is 0.365 e. The van der Waals surface area contributed by atoms with Crippen LogP contribution in [0.15, 0.2) is 36.4 Å². The maximum absolute atomic E-state index is 12.4. The first kappa shape index (κ1) is 15.3. The summed E-state index contributed by atoms with van der Waals surface area (Å²) in [5.41, 5.74) is 1.40. The predicted octanol–water partition coefficient (Wildman–Crippen LogP) is 2.20. The topological polar surface area (TPSA) is 92.8 Å². The lowest BCUT2D eigenvalue weighted by atomic mass is 10.1. The number of imide groups is 1. The van der Waals surface area contributed by atoms with Gasteiger partial charge >= 0.3 is 5.97 Å². The molecule has 4 rings (SSSR count). The average Bonchev–Trinajstić information content (AvgIpc) is 3.06. The zero-order valence-electron chi connectivity index (χ0n) is 12.5. The maximum atomic E-state index is 12.4. The average molecular weight is 357 g/mol. The molecule has 1 N–H and O–H groups in total. The molecule has 2 aliphatic rings. The number of hydrogen-bond acceptors (Lipinski definition) is 5. The van der Waals surface area contributed by atoms with Crippen LogP contribution in [0.25, 0.3) is 0 Å². The van der Waals surface area contributed by atoms with E-state index in [0.717, 1.165) is 0 Å². The second-order valence-electron chi connectivity index (χ2n) is 5.54. The lowest BCUT2D eigenvalue weighted by molar-refractivity contribution is -0.115. The third-order valence-corrected chi connectivity index (χ3v) is 4.28. The molecule has 8 heteroatoms. The van der Waals surface area contributed by atoms with Crippen molar-refractivity contribution in [3.63, 3.8) is 0 Å². The van der Waals surface area contributed by atoms with E-state index in [1.54, 1.807) is 12.1 Å². The molecule has 0 spiro atoms. The number of hydroxylamine groups is 2. The Bertz CT molecular complexity index is 950. The van der Waals surface area contributed by atoms with E-state index in [1.807, 2.05) is 0 Å². The standard InChI is InChI=1S/C17H9ClN2O5/c18-12-7-13-8(6-14(21)19-13)5-11(12)17(24)25-20-15(22)9-3-1-2-4-10(9)16(20)23/h1-5,7H,6H2,(H,19,21). The third kappa shape index (κ3) is 2.36. The molecule has 0 fully saturated rings.